The Bertz CT molecular complexity index is 429. The van der Waals surface area contributed by atoms with Gasteiger partial charge in [-0.1, -0.05) is 15.9 Å². The number of halogens is 2. The minimum atomic E-state index is -0.502. The Hall–Kier alpha value is -1.14. The first-order valence-electron chi connectivity index (χ1n) is 6.03. The van der Waals surface area contributed by atoms with Crippen molar-refractivity contribution in [1.82, 2.24) is 5.32 Å². The van der Waals surface area contributed by atoms with Gasteiger partial charge < -0.3 is 15.4 Å². The van der Waals surface area contributed by atoms with Crippen LogP contribution in [0.15, 0.2) is 22.7 Å². The van der Waals surface area contributed by atoms with Crippen LogP contribution in [-0.2, 0) is 9.53 Å². The van der Waals surface area contributed by atoms with Gasteiger partial charge in [0.2, 0.25) is 5.91 Å². The highest BCUT2D eigenvalue weighted by atomic mass is 79.9. The number of hydrogen-bond acceptors (Lipinski definition) is 3. The van der Waals surface area contributed by atoms with E-state index in [0.29, 0.717) is 23.3 Å². The van der Waals surface area contributed by atoms with Gasteiger partial charge in [0.25, 0.3) is 0 Å². The third-order valence-corrected chi connectivity index (χ3v) is 3.01. The summed E-state index contributed by atoms with van der Waals surface area (Å²) in [6.45, 7) is 2.83. The number of methoxy groups -OCH3 is 1. The van der Waals surface area contributed by atoms with Gasteiger partial charge in [-0.15, -0.1) is 0 Å². The number of carbonyl (C=O) groups is 1. The fourth-order valence-corrected chi connectivity index (χ4v) is 1.82. The average molecular weight is 333 g/mol. The summed E-state index contributed by atoms with van der Waals surface area (Å²) in [5, 5.41) is 5.59. The third kappa shape index (κ3) is 5.57. The molecule has 0 radical (unpaired) electrons. The molecule has 19 heavy (non-hydrogen) atoms. The van der Waals surface area contributed by atoms with Crippen LogP contribution in [0.2, 0.25) is 0 Å². The van der Waals surface area contributed by atoms with Crippen molar-refractivity contribution < 1.29 is 13.9 Å². The summed E-state index contributed by atoms with van der Waals surface area (Å²) < 4.78 is 19.1. The number of benzene rings is 1. The van der Waals surface area contributed by atoms with Crippen LogP contribution < -0.4 is 10.6 Å². The molecule has 1 aromatic rings. The SMILES string of the molecule is COCCCNC(=O)C(C)Nc1ccc(Br)cc1F. The molecular weight excluding hydrogens is 315 g/mol. The van der Waals surface area contributed by atoms with Crippen LogP contribution in [0.25, 0.3) is 0 Å². The lowest BCUT2D eigenvalue weighted by molar-refractivity contribution is -0.121. The Morgan fingerprint density at radius 2 is 2.26 bits per heavy atom. The number of nitrogens with one attached hydrogen (secondary N) is 2. The Morgan fingerprint density at radius 3 is 2.89 bits per heavy atom. The first kappa shape index (κ1) is 15.9. The van der Waals surface area contributed by atoms with E-state index in [0.717, 1.165) is 6.42 Å². The van der Waals surface area contributed by atoms with Crippen molar-refractivity contribution in [2.75, 3.05) is 25.6 Å². The molecule has 0 aliphatic carbocycles. The monoisotopic (exact) mass is 332 g/mol. The largest absolute Gasteiger partial charge is 0.385 e. The number of ether oxygens (including phenoxy) is 1. The second kappa shape index (κ2) is 8.12. The second-order valence-corrected chi connectivity index (χ2v) is 5.04. The van der Waals surface area contributed by atoms with E-state index < -0.39 is 11.9 Å². The lowest BCUT2D eigenvalue weighted by atomic mass is 10.2. The molecule has 1 aromatic carbocycles. The molecule has 2 N–H and O–H groups in total. The molecule has 6 heteroatoms. The number of amides is 1. The molecule has 1 atom stereocenters. The zero-order valence-corrected chi connectivity index (χ0v) is 12.6. The molecule has 1 rings (SSSR count). The van der Waals surface area contributed by atoms with E-state index in [1.54, 1.807) is 26.2 Å². The topological polar surface area (TPSA) is 50.4 Å². The van der Waals surface area contributed by atoms with Gasteiger partial charge in [-0.3, -0.25) is 4.79 Å². The fraction of sp³-hybridized carbons (Fsp3) is 0.462. The summed E-state index contributed by atoms with van der Waals surface area (Å²) >= 11 is 3.18. The van der Waals surface area contributed by atoms with Crippen molar-refractivity contribution in [3.05, 3.63) is 28.5 Å². The van der Waals surface area contributed by atoms with Gasteiger partial charge in [0.05, 0.1) is 5.69 Å². The lowest BCUT2D eigenvalue weighted by Gasteiger charge is -2.15. The molecule has 0 spiro atoms. The molecule has 1 amide bonds. The van der Waals surface area contributed by atoms with E-state index in [4.69, 9.17) is 4.74 Å². The standard InChI is InChI=1S/C13H18BrFN2O2/c1-9(13(18)16-6-3-7-19-2)17-12-5-4-10(14)8-11(12)15/h4-5,8-9,17H,3,6-7H2,1-2H3,(H,16,18). The number of anilines is 1. The minimum absolute atomic E-state index is 0.168. The molecular formula is C13H18BrFN2O2. The normalized spacial score (nSPS) is 12.0. The van der Waals surface area contributed by atoms with Crippen LogP contribution in [0.1, 0.15) is 13.3 Å². The van der Waals surface area contributed by atoms with Crippen molar-refractivity contribution in [3.8, 4) is 0 Å². The number of hydrogen-bond donors (Lipinski definition) is 2. The highest BCUT2D eigenvalue weighted by Crippen LogP contribution is 2.19. The average Bonchev–Trinajstić information content (AvgIpc) is 2.37. The van der Waals surface area contributed by atoms with Gasteiger partial charge in [-0.2, -0.15) is 0 Å². The Morgan fingerprint density at radius 1 is 1.53 bits per heavy atom. The molecule has 0 saturated heterocycles. The zero-order chi connectivity index (χ0) is 14.3. The maximum absolute atomic E-state index is 13.6. The predicted molar refractivity (Wildman–Crippen MR) is 76.7 cm³/mol. The lowest BCUT2D eigenvalue weighted by Crippen LogP contribution is -2.38. The van der Waals surface area contributed by atoms with E-state index >= 15 is 0 Å². The van der Waals surface area contributed by atoms with Crippen molar-refractivity contribution >= 4 is 27.5 Å². The molecule has 0 fully saturated rings. The molecule has 0 aliphatic rings. The van der Waals surface area contributed by atoms with Gasteiger partial charge in [0.1, 0.15) is 11.9 Å². The van der Waals surface area contributed by atoms with Crippen LogP contribution in [0.5, 0.6) is 0 Å². The summed E-state index contributed by atoms with van der Waals surface area (Å²) in [6.07, 6.45) is 0.752. The number of carbonyl (C=O) groups excluding carboxylic acids is 1. The van der Waals surface area contributed by atoms with Crippen molar-refractivity contribution in [2.24, 2.45) is 0 Å². The van der Waals surface area contributed by atoms with Gasteiger partial charge in [0, 0.05) is 24.7 Å². The Kier molecular flexibility index (Phi) is 6.80. The third-order valence-electron chi connectivity index (χ3n) is 2.52. The minimum Gasteiger partial charge on any atom is -0.385 e. The predicted octanol–water partition coefficient (Wildman–Crippen LogP) is 2.54. The van der Waals surface area contributed by atoms with Gasteiger partial charge >= 0.3 is 0 Å². The quantitative estimate of drug-likeness (QED) is 0.754. The van der Waals surface area contributed by atoms with Crippen molar-refractivity contribution in [3.63, 3.8) is 0 Å². The molecule has 0 bridgehead atoms. The highest BCUT2D eigenvalue weighted by molar-refractivity contribution is 9.10. The van der Waals surface area contributed by atoms with Gasteiger partial charge in [0.15, 0.2) is 0 Å². The summed E-state index contributed by atoms with van der Waals surface area (Å²) in [4.78, 5) is 11.7. The first-order chi connectivity index (χ1) is 9.04. The summed E-state index contributed by atoms with van der Waals surface area (Å²) in [7, 11) is 1.61. The van der Waals surface area contributed by atoms with Gasteiger partial charge in [-0.25, -0.2) is 4.39 Å². The highest BCUT2D eigenvalue weighted by Gasteiger charge is 2.13. The Labute approximate surface area is 120 Å². The Balaban J connectivity index is 2.45. The summed E-state index contributed by atoms with van der Waals surface area (Å²) in [5.41, 5.74) is 0.308. The van der Waals surface area contributed by atoms with E-state index in [1.807, 2.05) is 0 Å². The maximum Gasteiger partial charge on any atom is 0.242 e. The van der Waals surface area contributed by atoms with Crippen LogP contribution >= 0.6 is 15.9 Å². The molecule has 1 unspecified atom stereocenters. The number of rotatable bonds is 7. The van der Waals surface area contributed by atoms with E-state index in [2.05, 4.69) is 26.6 Å². The first-order valence-corrected chi connectivity index (χ1v) is 6.82. The molecule has 0 heterocycles. The van der Waals surface area contributed by atoms with Crippen LogP contribution in [0.3, 0.4) is 0 Å². The molecule has 4 nitrogen and oxygen atoms in total. The van der Waals surface area contributed by atoms with Crippen LogP contribution in [0, 0.1) is 5.82 Å². The van der Waals surface area contributed by atoms with Crippen LogP contribution in [0.4, 0.5) is 10.1 Å². The second-order valence-electron chi connectivity index (χ2n) is 4.13. The molecule has 0 saturated carbocycles. The molecule has 106 valence electrons. The zero-order valence-electron chi connectivity index (χ0n) is 11.0. The van der Waals surface area contributed by atoms with Crippen molar-refractivity contribution in [1.29, 1.82) is 0 Å². The smallest absolute Gasteiger partial charge is 0.242 e. The molecule has 0 aliphatic heterocycles. The van der Waals surface area contributed by atoms with Crippen LogP contribution in [-0.4, -0.2) is 32.2 Å². The maximum atomic E-state index is 13.6. The van der Waals surface area contributed by atoms with E-state index in [-0.39, 0.29) is 5.91 Å². The van der Waals surface area contributed by atoms with Crippen molar-refractivity contribution in [2.45, 2.75) is 19.4 Å². The summed E-state index contributed by atoms with van der Waals surface area (Å²) in [6, 6.07) is 4.16. The van der Waals surface area contributed by atoms with E-state index in [9.17, 15) is 9.18 Å². The molecule has 0 aromatic heterocycles. The van der Waals surface area contributed by atoms with Gasteiger partial charge in [-0.05, 0) is 31.5 Å². The van der Waals surface area contributed by atoms with E-state index in [1.165, 1.54) is 6.07 Å². The fourth-order valence-electron chi connectivity index (χ4n) is 1.49. The summed E-state index contributed by atoms with van der Waals surface area (Å²) in [5.74, 6) is -0.563.